The van der Waals surface area contributed by atoms with Gasteiger partial charge in [-0.05, 0) is 69.4 Å². The van der Waals surface area contributed by atoms with E-state index in [1.807, 2.05) is 13.8 Å². The Hall–Kier alpha value is -3.24. The molecule has 0 aliphatic heterocycles. The Labute approximate surface area is 191 Å². The summed E-state index contributed by atoms with van der Waals surface area (Å²) in [5.41, 5.74) is 3.80. The van der Waals surface area contributed by atoms with Gasteiger partial charge in [-0.25, -0.2) is 8.42 Å². The Morgan fingerprint density at radius 1 is 1.00 bits per heavy atom. The molecule has 1 heterocycles. The lowest BCUT2D eigenvalue weighted by Crippen LogP contribution is -2.28. The van der Waals surface area contributed by atoms with Crippen molar-refractivity contribution >= 4 is 34.0 Å². The van der Waals surface area contributed by atoms with Crippen LogP contribution in [0.1, 0.15) is 25.0 Å². The summed E-state index contributed by atoms with van der Waals surface area (Å²) in [7, 11) is -3.62. The van der Waals surface area contributed by atoms with Gasteiger partial charge in [0.1, 0.15) is 5.56 Å². The molecule has 0 radical (unpaired) electrons. The maximum absolute atomic E-state index is 12.8. The highest BCUT2D eigenvalue weighted by molar-refractivity contribution is 7.91. The highest BCUT2D eigenvalue weighted by Crippen LogP contribution is 2.22. The van der Waals surface area contributed by atoms with Gasteiger partial charge in [0, 0.05) is 13.1 Å². The van der Waals surface area contributed by atoms with Gasteiger partial charge >= 0.3 is 0 Å². The van der Waals surface area contributed by atoms with Crippen molar-refractivity contribution in [2.45, 2.75) is 43.7 Å². The van der Waals surface area contributed by atoms with Crippen LogP contribution in [0.2, 0.25) is 0 Å². The van der Waals surface area contributed by atoms with Crippen molar-refractivity contribution < 1.29 is 13.5 Å². The largest absolute Gasteiger partial charge is 0.494 e. The molecule has 0 amide bonds. The van der Waals surface area contributed by atoms with E-state index in [1.54, 1.807) is 43.3 Å². The second-order valence-corrected chi connectivity index (χ2v) is 9.34. The molecule has 168 valence electrons. The van der Waals surface area contributed by atoms with Gasteiger partial charge in [-0.3, -0.25) is 19.4 Å². The maximum atomic E-state index is 12.8. The molecular weight excluding hydrogens is 448 g/mol. The lowest BCUT2D eigenvalue weighted by atomic mass is 10.2. The Bertz CT molecular complexity index is 1370. The predicted molar refractivity (Wildman–Crippen MR) is 127 cm³/mol. The molecule has 10 heteroatoms. The molecule has 32 heavy (non-hydrogen) atoms. The van der Waals surface area contributed by atoms with E-state index < -0.39 is 15.4 Å². The first-order valence-electron chi connectivity index (χ1n) is 9.98. The van der Waals surface area contributed by atoms with E-state index in [0.717, 1.165) is 5.56 Å². The molecule has 0 aliphatic carbocycles. The Kier molecular flexibility index (Phi) is 6.95. The number of aryl methyl sites for hydroxylation is 1. The quantitative estimate of drug-likeness (QED) is 0.309. The summed E-state index contributed by atoms with van der Waals surface area (Å²) in [4.78, 5) is 13.0. The first kappa shape index (κ1) is 23.4. The average molecular weight is 473 g/mol. The van der Waals surface area contributed by atoms with Crippen molar-refractivity contribution in [2.75, 3.05) is 5.43 Å². The monoisotopic (exact) mass is 472 g/mol. The minimum absolute atomic E-state index is 0.00775. The Morgan fingerprint density at radius 3 is 2.06 bits per heavy atom. The zero-order chi connectivity index (χ0) is 23.5. The van der Waals surface area contributed by atoms with Crippen LogP contribution in [0.15, 0.2) is 68.2 Å². The summed E-state index contributed by atoms with van der Waals surface area (Å²) >= 11 is 5.25. The highest BCUT2D eigenvalue weighted by atomic mass is 32.2. The van der Waals surface area contributed by atoms with Crippen LogP contribution < -0.4 is 11.0 Å². The second-order valence-electron chi connectivity index (χ2n) is 7.02. The third-order valence-electron chi connectivity index (χ3n) is 4.95. The molecule has 0 atom stereocenters. The van der Waals surface area contributed by atoms with Crippen molar-refractivity contribution in [1.29, 1.82) is 0 Å². The molecular formula is C22H24N4O4S2. The van der Waals surface area contributed by atoms with E-state index in [4.69, 9.17) is 12.2 Å². The van der Waals surface area contributed by atoms with Crippen LogP contribution in [-0.2, 0) is 22.9 Å². The molecule has 3 aromatic rings. The summed E-state index contributed by atoms with van der Waals surface area (Å²) in [6, 6.07) is 12.8. The fourth-order valence-corrected chi connectivity index (χ4v) is 4.81. The number of rotatable bonds is 7. The number of hydrogen-bond acceptors (Lipinski definition) is 7. The fraction of sp³-hybridized carbons (Fsp3) is 0.227. The zero-order valence-corrected chi connectivity index (χ0v) is 19.6. The molecule has 1 aromatic heterocycles. The summed E-state index contributed by atoms with van der Waals surface area (Å²) in [6.07, 6.45) is 1.22. The van der Waals surface area contributed by atoms with Crippen LogP contribution in [-0.4, -0.2) is 28.9 Å². The predicted octanol–water partition coefficient (Wildman–Crippen LogP) is 3.71. The molecule has 0 bridgehead atoms. The molecule has 0 fully saturated rings. The Morgan fingerprint density at radius 2 is 1.53 bits per heavy atom. The van der Waals surface area contributed by atoms with Gasteiger partial charge in [0.15, 0.2) is 4.77 Å². The third-order valence-corrected chi connectivity index (χ3v) is 7.18. The number of hydrazone groups is 1. The van der Waals surface area contributed by atoms with Crippen molar-refractivity contribution in [3.05, 3.63) is 74.8 Å². The number of sulfone groups is 1. The minimum atomic E-state index is -3.62. The number of nitrogens with zero attached hydrogens (tertiary/aromatic N) is 3. The van der Waals surface area contributed by atoms with Gasteiger partial charge in [-0.2, -0.15) is 5.10 Å². The normalized spacial score (nSPS) is 11.7. The van der Waals surface area contributed by atoms with Crippen LogP contribution in [0.4, 0.5) is 5.69 Å². The smallest absolute Gasteiger partial charge is 0.267 e. The van der Waals surface area contributed by atoms with Crippen LogP contribution in [0.5, 0.6) is 5.88 Å². The zero-order valence-electron chi connectivity index (χ0n) is 17.9. The molecule has 0 saturated carbocycles. The fourth-order valence-electron chi connectivity index (χ4n) is 3.12. The van der Waals surface area contributed by atoms with Gasteiger partial charge in [0.2, 0.25) is 15.7 Å². The van der Waals surface area contributed by atoms with E-state index in [-0.39, 0.29) is 26.0 Å². The molecule has 8 nitrogen and oxygen atoms in total. The van der Waals surface area contributed by atoms with Gasteiger partial charge in [-0.15, -0.1) is 0 Å². The SMILES string of the molecule is CCn1c(O)c(/C=N/Nc2ccc(S(=O)(=O)c3ccc(C)cc3)cc2)c(=O)n(CC)c1=S. The standard InChI is InChI=1S/C22H24N4O4S2/c1-4-25-20(27)19(21(28)26(5-2)22(25)31)14-23-24-16-8-12-18(13-9-16)32(29,30)17-10-6-15(3)7-11-17/h6-14,24,27H,4-5H2,1-3H3/b23-14+. The van der Waals surface area contributed by atoms with E-state index in [1.165, 1.54) is 27.5 Å². The number of aromatic nitrogens is 2. The number of nitrogens with one attached hydrogen (secondary N) is 1. The van der Waals surface area contributed by atoms with E-state index in [2.05, 4.69) is 10.5 Å². The van der Waals surface area contributed by atoms with Gasteiger partial charge < -0.3 is 5.11 Å². The van der Waals surface area contributed by atoms with Gasteiger partial charge in [0.25, 0.3) is 5.56 Å². The Balaban J connectivity index is 1.84. The summed E-state index contributed by atoms with van der Waals surface area (Å²) in [5.74, 6) is -0.253. The summed E-state index contributed by atoms with van der Waals surface area (Å²) in [5, 5.41) is 14.4. The van der Waals surface area contributed by atoms with Crippen LogP contribution in [0, 0.1) is 11.7 Å². The van der Waals surface area contributed by atoms with Crippen molar-refractivity contribution in [2.24, 2.45) is 5.10 Å². The maximum Gasteiger partial charge on any atom is 0.267 e. The number of aromatic hydroxyl groups is 1. The molecule has 0 unspecified atom stereocenters. The average Bonchev–Trinajstić information content (AvgIpc) is 2.77. The van der Waals surface area contributed by atoms with Crippen molar-refractivity contribution in [1.82, 2.24) is 9.13 Å². The minimum Gasteiger partial charge on any atom is -0.494 e. The molecule has 2 aromatic carbocycles. The first-order chi connectivity index (χ1) is 15.2. The van der Waals surface area contributed by atoms with E-state index in [0.29, 0.717) is 18.8 Å². The van der Waals surface area contributed by atoms with E-state index in [9.17, 15) is 18.3 Å². The summed E-state index contributed by atoms with van der Waals surface area (Å²) in [6.45, 7) is 6.26. The lowest BCUT2D eigenvalue weighted by molar-refractivity contribution is 0.399. The van der Waals surface area contributed by atoms with Crippen LogP contribution >= 0.6 is 12.2 Å². The van der Waals surface area contributed by atoms with E-state index >= 15 is 0 Å². The molecule has 0 saturated heterocycles. The van der Waals surface area contributed by atoms with Crippen LogP contribution in [0.25, 0.3) is 0 Å². The topological polar surface area (TPSA) is 106 Å². The second kappa shape index (κ2) is 9.49. The third kappa shape index (κ3) is 4.51. The molecule has 0 spiro atoms. The van der Waals surface area contributed by atoms with Gasteiger partial charge in [-0.1, -0.05) is 17.7 Å². The lowest BCUT2D eigenvalue weighted by Gasteiger charge is -2.13. The van der Waals surface area contributed by atoms with Gasteiger partial charge in [0.05, 0.1) is 21.7 Å². The number of hydrogen-bond donors (Lipinski definition) is 2. The molecule has 3 rings (SSSR count). The molecule has 2 N–H and O–H groups in total. The highest BCUT2D eigenvalue weighted by Gasteiger charge is 2.17. The summed E-state index contributed by atoms with van der Waals surface area (Å²) < 4.78 is 28.6. The number of benzene rings is 2. The van der Waals surface area contributed by atoms with Crippen molar-refractivity contribution in [3.63, 3.8) is 0 Å². The first-order valence-corrected chi connectivity index (χ1v) is 11.9. The number of anilines is 1. The van der Waals surface area contributed by atoms with Crippen molar-refractivity contribution in [3.8, 4) is 5.88 Å². The van der Waals surface area contributed by atoms with Crippen LogP contribution in [0.3, 0.4) is 0 Å². The molecule has 0 aliphatic rings.